The van der Waals surface area contributed by atoms with E-state index >= 15 is 0 Å². The van der Waals surface area contributed by atoms with Crippen molar-refractivity contribution in [2.75, 3.05) is 39.9 Å². The fourth-order valence-electron chi connectivity index (χ4n) is 4.38. The third-order valence-electron chi connectivity index (χ3n) is 5.88. The Morgan fingerprint density at radius 3 is 2.19 bits per heavy atom. The van der Waals surface area contributed by atoms with Gasteiger partial charge in [0.25, 0.3) is 0 Å². The van der Waals surface area contributed by atoms with Crippen molar-refractivity contribution in [2.24, 2.45) is 5.92 Å². The zero-order chi connectivity index (χ0) is 17.6. The zero-order valence-corrected chi connectivity index (χ0v) is 18.3. The second-order valence-electron chi connectivity index (χ2n) is 7.57. The molecule has 0 amide bonds. The first-order chi connectivity index (χ1) is 12.2. The second-order valence-corrected chi connectivity index (χ2v) is 7.57. The van der Waals surface area contributed by atoms with Crippen LogP contribution in [-0.2, 0) is 19.0 Å². The van der Waals surface area contributed by atoms with Crippen molar-refractivity contribution in [1.29, 1.82) is 0 Å². The molecule has 1 unspecified atom stereocenters. The van der Waals surface area contributed by atoms with E-state index in [2.05, 4.69) is 9.80 Å². The lowest BCUT2D eigenvalue weighted by Gasteiger charge is -2.39. The fraction of sp³-hybridized carbons (Fsp3) is 0.947. The number of methoxy groups -OCH3 is 1. The van der Waals surface area contributed by atoms with Crippen LogP contribution in [0.5, 0.6) is 0 Å². The summed E-state index contributed by atoms with van der Waals surface area (Å²) in [4.78, 5) is 16.8. The minimum absolute atomic E-state index is 0. The Morgan fingerprint density at radius 1 is 0.963 bits per heavy atom. The first-order valence-electron chi connectivity index (χ1n) is 10.0. The van der Waals surface area contributed by atoms with Crippen molar-refractivity contribution in [1.82, 2.24) is 9.80 Å². The van der Waals surface area contributed by atoms with Gasteiger partial charge in [0.05, 0.1) is 24.7 Å². The highest BCUT2D eigenvalue weighted by molar-refractivity contribution is 5.85. The molecule has 2 aliphatic heterocycles. The van der Waals surface area contributed by atoms with Crippen molar-refractivity contribution in [2.45, 2.75) is 70.4 Å². The predicted octanol–water partition coefficient (Wildman–Crippen LogP) is 3.07. The number of carbonyl (C=O) groups excluding carboxylic acids is 1. The highest BCUT2D eigenvalue weighted by Gasteiger charge is 2.36. The van der Waals surface area contributed by atoms with E-state index < -0.39 is 0 Å². The van der Waals surface area contributed by atoms with Gasteiger partial charge in [-0.3, -0.25) is 14.6 Å². The Hall–Kier alpha value is -0.110. The van der Waals surface area contributed by atoms with Crippen molar-refractivity contribution >= 4 is 30.8 Å². The van der Waals surface area contributed by atoms with Gasteiger partial charge in [0, 0.05) is 33.3 Å². The maximum Gasteiger partial charge on any atom is 0.308 e. The van der Waals surface area contributed by atoms with E-state index in [-0.39, 0.29) is 49.2 Å². The van der Waals surface area contributed by atoms with Crippen LogP contribution in [0, 0.1) is 5.92 Å². The SMILES string of the molecule is CCOC(=O)[C@H]1CC[C@H](OC(N2CCCC2)N2CC[C@H](OC)C2)CC1.Cl.Cl. The van der Waals surface area contributed by atoms with Gasteiger partial charge in [-0.05, 0) is 51.9 Å². The maximum atomic E-state index is 11.9. The molecule has 2 saturated heterocycles. The third kappa shape index (κ3) is 6.72. The van der Waals surface area contributed by atoms with Gasteiger partial charge in [-0.25, -0.2) is 0 Å². The molecule has 0 bridgehead atoms. The van der Waals surface area contributed by atoms with Gasteiger partial charge in [-0.1, -0.05) is 0 Å². The number of hydrogen-bond acceptors (Lipinski definition) is 6. The Balaban J connectivity index is 0.00000182. The average molecular weight is 427 g/mol. The van der Waals surface area contributed by atoms with Gasteiger partial charge in [-0.15, -0.1) is 24.8 Å². The molecule has 6 nitrogen and oxygen atoms in total. The Bertz CT molecular complexity index is 430. The largest absolute Gasteiger partial charge is 0.466 e. The number of rotatable bonds is 7. The number of likely N-dealkylation sites (tertiary alicyclic amines) is 2. The molecule has 8 heteroatoms. The number of hydrogen-bond donors (Lipinski definition) is 0. The number of halogens is 2. The Labute approximate surface area is 176 Å². The van der Waals surface area contributed by atoms with Gasteiger partial charge >= 0.3 is 5.97 Å². The first kappa shape index (κ1) is 24.9. The van der Waals surface area contributed by atoms with Crippen LogP contribution in [0.2, 0.25) is 0 Å². The quantitative estimate of drug-likeness (QED) is 0.582. The van der Waals surface area contributed by atoms with E-state index in [1.807, 2.05) is 6.92 Å². The van der Waals surface area contributed by atoms with E-state index in [9.17, 15) is 4.79 Å². The highest BCUT2D eigenvalue weighted by atomic mass is 35.5. The molecule has 2 heterocycles. The molecule has 0 spiro atoms. The number of carbonyl (C=O) groups is 1. The maximum absolute atomic E-state index is 11.9. The summed E-state index contributed by atoms with van der Waals surface area (Å²) < 4.78 is 17.3. The van der Waals surface area contributed by atoms with Gasteiger partial charge in [0.15, 0.2) is 6.35 Å². The average Bonchev–Trinajstić information content (AvgIpc) is 3.32. The van der Waals surface area contributed by atoms with Gasteiger partial charge in [-0.2, -0.15) is 0 Å². The smallest absolute Gasteiger partial charge is 0.308 e. The van der Waals surface area contributed by atoms with Crippen LogP contribution in [0.15, 0.2) is 0 Å². The van der Waals surface area contributed by atoms with Gasteiger partial charge < -0.3 is 14.2 Å². The van der Waals surface area contributed by atoms with Gasteiger partial charge in [0.2, 0.25) is 0 Å². The van der Waals surface area contributed by atoms with Crippen LogP contribution in [-0.4, -0.2) is 74.2 Å². The number of ether oxygens (including phenoxy) is 3. The topological polar surface area (TPSA) is 51.2 Å². The molecule has 2 atom stereocenters. The monoisotopic (exact) mass is 426 g/mol. The van der Waals surface area contributed by atoms with E-state index in [4.69, 9.17) is 14.2 Å². The molecular weight excluding hydrogens is 391 g/mol. The van der Waals surface area contributed by atoms with Gasteiger partial charge in [0.1, 0.15) is 0 Å². The predicted molar refractivity (Wildman–Crippen MR) is 110 cm³/mol. The minimum Gasteiger partial charge on any atom is -0.466 e. The lowest BCUT2D eigenvalue weighted by Crippen LogP contribution is -2.50. The third-order valence-corrected chi connectivity index (χ3v) is 5.88. The van der Waals surface area contributed by atoms with E-state index in [1.165, 1.54) is 12.8 Å². The minimum atomic E-state index is -0.0282. The van der Waals surface area contributed by atoms with E-state index in [0.29, 0.717) is 12.7 Å². The molecule has 27 heavy (non-hydrogen) atoms. The standard InChI is InChI=1S/C19H34N2O4.2ClH/c1-3-24-18(22)15-6-8-16(9-7-15)25-19(20-11-4-5-12-20)21-13-10-17(14-21)23-2;;/h15-17,19H,3-14H2,1-2H3;2*1H/t15-,16-,17-,19?;;/m0../s1. The molecule has 0 N–H and O–H groups in total. The normalized spacial score (nSPS) is 30.4. The molecule has 3 fully saturated rings. The summed E-state index contributed by atoms with van der Waals surface area (Å²) in [6, 6.07) is 0. The van der Waals surface area contributed by atoms with Crippen molar-refractivity contribution in [3.63, 3.8) is 0 Å². The van der Waals surface area contributed by atoms with Crippen LogP contribution >= 0.6 is 24.8 Å². The van der Waals surface area contributed by atoms with Crippen LogP contribution in [0.3, 0.4) is 0 Å². The zero-order valence-electron chi connectivity index (χ0n) is 16.6. The lowest BCUT2D eigenvalue weighted by molar-refractivity contribution is -0.181. The van der Waals surface area contributed by atoms with Crippen molar-refractivity contribution < 1.29 is 19.0 Å². The Kier molecular flexibility index (Phi) is 11.5. The summed E-state index contributed by atoms with van der Waals surface area (Å²) in [5, 5.41) is 0. The first-order valence-corrected chi connectivity index (χ1v) is 10.0. The summed E-state index contributed by atoms with van der Waals surface area (Å²) >= 11 is 0. The molecule has 1 saturated carbocycles. The molecule has 160 valence electrons. The molecule has 0 aromatic carbocycles. The summed E-state index contributed by atoms with van der Waals surface area (Å²) in [6.45, 7) is 6.58. The van der Waals surface area contributed by atoms with Crippen LogP contribution < -0.4 is 0 Å². The molecule has 0 aromatic heterocycles. The molecule has 0 aromatic rings. The van der Waals surface area contributed by atoms with Crippen LogP contribution in [0.1, 0.15) is 51.9 Å². The molecule has 3 aliphatic rings. The summed E-state index contributed by atoms with van der Waals surface area (Å²) in [5.74, 6) is 0.0363. The van der Waals surface area contributed by atoms with Crippen LogP contribution in [0.4, 0.5) is 0 Å². The second kappa shape index (κ2) is 12.5. The van der Waals surface area contributed by atoms with Crippen molar-refractivity contribution in [3.05, 3.63) is 0 Å². The van der Waals surface area contributed by atoms with Crippen LogP contribution in [0.25, 0.3) is 0 Å². The van der Waals surface area contributed by atoms with Crippen molar-refractivity contribution in [3.8, 4) is 0 Å². The summed E-state index contributed by atoms with van der Waals surface area (Å²) in [7, 11) is 1.80. The molecule has 1 aliphatic carbocycles. The molecule has 3 rings (SSSR count). The Morgan fingerprint density at radius 2 is 1.63 bits per heavy atom. The number of nitrogens with zero attached hydrogens (tertiary/aromatic N) is 2. The highest BCUT2D eigenvalue weighted by Crippen LogP contribution is 2.30. The molecular formula is C19H36Cl2N2O4. The lowest BCUT2D eigenvalue weighted by atomic mass is 9.87. The summed E-state index contributed by atoms with van der Waals surface area (Å²) in [6.07, 6.45) is 7.93. The fourth-order valence-corrected chi connectivity index (χ4v) is 4.38. The van der Waals surface area contributed by atoms with E-state index in [1.54, 1.807) is 7.11 Å². The molecule has 0 radical (unpaired) electrons. The summed E-state index contributed by atoms with van der Waals surface area (Å²) in [5.41, 5.74) is 0. The van der Waals surface area contributed by atoms with E-state index in [0.717, 1.165) is 58.3 Å². The number of esters is 1.